The summed E-state index contributed by atoms with van der Waals surface area (Å²) in [7, 11) is -0.491. The molecule has 26 heavy (non-hydrogen) atoms. The lowest BCUT2D eigenvalue weighted by molar-refractivity contribution is -0.0561. The molecule has 4 bridgehead atoms. The van der Waals surface area contributed by atoms with E-state index in [-0.39, 0.29) is 4.90 Å². The summed E-state index contributed by atoms with van der Waals surface area (Å²) in [6.07, 6.45) is 9.11. The highest BCUT2D eigenvalue weighted by molar-refractivity contribution is 7.89. The molecule has 144 valence electrons. The Morgan fingerprint density at radius 3 is 2.12 bits per heavy atom. The minimum absolute atomic E-state index is 0.223. The van der Waals surface area contributed by atoms with Crippen molar-refractivity contribution < 1.29 is 17.9 Å². The minimum atomic E-state index is -3.54. The average Bonchev–Trinajstić information content (AvgIpc) is 2.59. The molecule has 0 amide bonds. The van der Waals surface area contributed by atoms with E-state index in [9.17, 15) is 8.42 Å². The van der Waals surface area contributed by atoms with Crippen LogP contribution in [0.2, 0.25) is 0 Å². The van der Waals surface area contributed by atoms with Crippen LogP contribution >= 0.6 is 0 Å². The summed E-state index contributed by atoms with van der Waals surface area (Å²) in [5.74, 6) is 3.63. The third-order valence-corrected chi connectivity index (χ3v) is 8.24. The van der Waals surface area contributed by atoms with Gasteiger partial charge in [-0.15, -0.1) is 0 Å². The third-order valence-electron chi connectivity index (χ3n) is 6.78. The number of benzene rings is 1. The van der Waals surface area contributed by atoms with E-state index < -0.39 is 10.0 Å². The molecule has 0 heterocycles. The quantitative estimate of drug-likeness (QED) is 0.786. The maximum atomic E-state index is 12.7. The number of nitrogens with one attached hydrogen (secondary N) is 1. The van der Waals surface area contributed by atoms with Crippen molar-refractivity contribution in [3.05, 3.63) is 18.2 Å². The molecule has 4 aliphatic rings. The molecule has 5 nitrogen and oxygen atoms in total. The Morgan fingerprint density at radius 2 is 1.58 bits per heavy atom. The molecule has 1 N–H and O–H groups in total. The number of methoxy groups -OCH3 is 2. The van der Waals surface area contributed by atoms with Crippen molar-refractivity contribution in [2.45, 2.75) is 49.8 Å². The summed E-state index contributed by atoms with van der Waals surface area (Å²) < 4.78 is 38.6. The fourth-order valence-electron chi connectivity index (χ4n) is 6.11. The maximum Gasteiger partial charge on any atom is 0.240 e. The number of hydrogen-bond acceptors (Lipinski definition) is 4. The topological polar surface area (TPSA) is 64.6 Å². The van der Waals surface area contributed by atoms with Gasteiger partial charge in [-0.1, -0.05) is 0 Å². The van der Waals surface area contributed by atoms with Crippen LogP contribution in [-0.2, 0) is 10.0 Å². The van der Waals surface area contributed by atoms with Crippen molar-refractivity contribution in [1.82, 2.24) is 4.72 Å². The predicted octanol–water partition coefficient (Wildman–Crippen LogP) is 3.59. The molecule has 0 spiro atoms. The molecule has 4 saturated carbocycles. The largest absolute Gasteiger partial charge is 0.493 e. The van der Waals surface area contributed by atoms with Gasteiger partial charge >= 0.3 is 0 Å². The minimum Gasteiger partial charge on any atom is -0.493 e. The number of rotatable bonds is 7. The Labute approximate surface area is 156 Å². The highest BCUT2D eigenvalue weighted by atomic mass is 32.2. The maximum absolute atomic E-state index is 12.7. The zero-order valence-electron chi connectivity index (χ0n) is 15.7. The van der Waals surface area contributed by atoms with Crippen LogP contribution in [0.4, 0.5) is 0 Å². The molecule has 0 aromatic heterocycles. The molecule has 5 rings (SSSR count). The molecule has 4 aliphatic carbocycles. The first kappa shape index (κ1) is 18.1. The normalized spacial score (nSPS) is 32.6. The SMILES string of the molecule is COc1ccc(S(=O)(=O)NCCC23CC4CC(CC(C4)C2)C3)cc1OC. The van der Waals surface area contributed by atoms with Crippen LogP contribution in [-0.4, -0.2) is 29.2 Å². The Hall–Kier alpha value is -1.27. The van der Waals surface area contributed by atoms with Gasteiger partial charge in [0.25, 0.3) is 0 Å². The Kier molecular flexibility index (Phi) is 4.68. The van der Waals surface area contributed by atoms with Crippen molar-refractivity contribution in [1.29, 1.82) is 0 Å². The van der Waals surface area contributed by atoms with Gasteiger partial charge in [0.05, 0.1) is 19.1 Å². The highest BCUT2D eigenvalue weighted by Gasteiger charge is 2.50. The van der Waals surface area contributed by atoms with Crippen molar-refractivity contribution in [3.8, 4) is 11.5 Å². The van der Waals surface area contributed by atoms with E-state index in [0.29, 0.717) is 23.5 Å². The summed E-state index contributed by atoms with van der Waals surface area (Å²) >= 11 is 0. The summed E-state index contributed by atoms with van der Waals surface area (Å²) in [6.45, 7) is 0.517. The zero-order chi connectivity index (χ0) is 18.4. The molecule has 0 radical (unpaired) electrons. The van der Waals surface area contributed by atoms with Crippen LogP contribution in [0.25, 0.3) is 0 Å². The standard InChI is InChI=1S/C20H29NO4S/c1-24-18-4-3-17(10-19(18)25-2)26(22,23)21-6-5-20-11-14-7-15(12-20)9-16(8-14)13-20/h3-4,10,14-16,21H,5-9,11-13H2,1-2H3. The van der Waals surface area contributed by atoms with Crippen LogP contribution in [0.15, 0.2) is 23.1 Å². The van der Waals surface area contributed by atoms with Crippen LogP contribution in [0, 0.1) is 23.2 Å². The van der Waals surface area contributed by atoms with E-state index in [1.54, 1.807) is 12.1 Å². The van der Waals surface area contributed by atoms with E-state index in [1.807, 2.05) is 0 Å². The average molecular weight is 380 g/mol. The molecule has 0 atom stereocenters. The fraction of sp³-hybridized carbons (Fsp3) is 0.700. The third kappa shape index (κ3) is 3.33. The van der Waals surface area contributed by atoms with Crippen molar-refractivity contribution >= 4 is 10.0 Å². The second kappa shape index (κ2) is 6.71. The molecule has 1 aromatic rings. The van der Waals surface area contributed by atoms with Crippen molar-refractivity contribution in [2.75, 3.05) is 20.8 Å². The van der Waals surface area contributed by atoms with E-state index in [2.05, 4.69) is 4.72 Å². The van der Waals surface area contributed by atoms with Crippen LogP contribution in [0.1, 0.15) is 44.9 Å². The van der Waals surface area contributed by atoms with Gasteiger partial charge in [0, 0.05) is 12.6 Å². The summed E-state index contributed by atoms with van der Waals surface area (Å²) in [5.41, 5.74) is 0.384. The van der Waals surface area contributed by atoms with Gasteiger partial charge in [0.15, 0.2) is 11.5 Å². The van der Waals surface area contributed by atoms with Gasteiger partial charge < -0.3 is 9.47 Å². The second-order valence-corrected chi connectivity index (χ2v) is 10.3. The molecule has 6 heteroatoms. The van der Waals surface area contributed by atoms with E-state index in [0.717, 1.165) is 24.2 Å². The second-order valence-electron chi connectivity index (χ2n) is 8.58. The van der Waals surface area contributed by atoms with Crippen molar-refractivity contribution in [3.63, 3.8) is 0 Å². The van der Waals surface area contributed by atoms with Gasteiger partial charge in [-0.3, -0.25) is 0 Å². The number of sulfonamides is 1. The van der Waals surface area contributed by atoms with Gasteiger partial charge in [0.2, 0.25) is 10.0 Å². The summed E-state index contributed by atoms with van der Waals surface area (Å²) in [6, 6.07) is 4.72. The summed E-state index contributed by atoms with van der Waals surface area (Å²) in [4.78, 5) is 0.223. The lowest BCUT2D eigenvalue weighted by Gasteiger charge is -2.57. The first-order valence-corrected chi connectivity index (χ1v) is 11.1. The van der Waals surface area contributed by atoms with E-state index in [1.165, 1.54) is 58.8 Å². The smallest absolute Gasteiger partial charge is 0.240 e. The molecule has 1 aromatic carbocycles. The Balaban J connectivity index is 1.41. The highest BCUT2D eigenvalue weighted by Crippen LogP contribution is 2.61. The number of ether oxygens (including phenoxy) is 2. The van der Waals surface area contributed by atoms with Crippen LogP contribution in [0.5, 0.6) is 11.5 Å². The predicted molar refractivity (Wildman–Crippen MR) is 100.0 cm³/mol. The fourth-order valence-corrected chi connectivity index (χ4v) is 7.16. The Morgan fingerprint density at radius 1 is 1.00 bits per heavy atom. The van der Waals surface area contributed by atoms with Crippen LogP contribution < -0.4 is 14.2 Å². The van der Waals surface area contributed by atoms with Gasteiger partial charge in [-0.05, 0) is 80.2 Å². The zero-order valence-corrected chi connectivity index (χ0v) is 16.5. The molecule has 0 aliphatic heterocycles. The van der Waals surface area contributed by atoms with Gasteiger partial charge in [-0.2, -0.15) is 0 Å². The molecular weight excluding hydrogens is 350 g/mol. The molecular formula is C20H29NO4S. The van der Waals surface area contributed by atoms with Crippen molar-refractivity contribution in [2.24, 2.45) is 23.2 Å². The van der Waals surface area contributed by atoms with E-state index in [4.69, 9.17) is 9.47 Å². The van der Waals surface area contributed by atoms with Gasteiger partial charge in [-0.25, -0.2) is 13.1 Å². The number of hydrogen-bond donors (Lipinski definition) is 1. The van der Waals surface area contributed by atoms with E-state index >= 15 is 0 Å². The Bertz CT molecular complexity index is 739. The monoisotopic (exact) mass is 379 g/mol. The van der Waals surface area contributed by atoms with Crippen LogP contribution in [0.3, 0.4) is 0 Å². The lowest BCUT2D eigenvalue weighted by Crippen LogP contribution is -2.47. The first-order chi connectivity index (χ1) is 12.4. The molecule has 4 fully saturated rings. The molecule has 0 saturated heterocycles. The first-order valence-electron chi connectivity index (χ1n) is 9.65. The molecule has 0 unspecified atom stereocenters. The van der Waals surface area contributed by atoms with Gasteiger partial charge in [0.1, 0.15) is 0 Å². The lowest BCUT2D eigenvalue weighted by atomic mass is 9.49. The summed E-state index contributed by atoms with van der Waals surface area (Å²) in [5, 5.41) is 0.